The van der Waals surface area contributed by atoms with E-state index in [9.17, 15) is 9.59 Å². The lowest BCUT2D eigenvalue weighted by Gasteiger charge is -2.14. The molecular weight excluding hydrogens is 454 g/mol. The van der Waals surface area contributed by atoms with Crippen LogP contribution in [-0.2, 0) is 6.42 Å². The molecule has 3 rings (SSSR count). The second-order valence-corrected chi connectivity index (χ2v) is 9.17. The molecule has 0 aliphatic carbocycles. The van der Waals surface area contributed by atoms with Crippen molar-refractivity contribution in [3.05, 3.63) is 81.7 Å². The Bertz CT molecular complexity index is 1160. The van der Waals surface area contributed by atoms with Gasteiger partial charge in [0, 0.05) is 16.9 Å². The van der Waals surface area contributed by atoms with Crippen LogP contribution in [0.1, 0.15) is 57.0 Å². The molecule has 0 radical (unpaired) electrons. The van der Waals surface area contributed by atoms with Gasteiger partial charge in [0.25, 0.3) is 11.8 Å². The summed E-state index contributed by atoms with van der Waals surface area (Å²) < 4.78 is 5.78. The third-order valence-corrected chi connectivity index (χ3v) is 6.57. The summed E-state index contributed by atoms with van der Waals surface area (Å²) in [5, 5.41) is 6.25. The number of anilines is 1. The predicted octanol–water partition coefficient (Wildman–Crippen LogP) is 5.05. The normalized spacial score (nSPS) is 11.5. The third kappa shape index (κ3) is 6.40. The van der Waals surface area contributed by atoms with Gasteiger partial charge < -0.3 is 15.8 Å². The first-order valence-corrected chi connectivity index (χ1v) is 11.9. The Balaban J connectivity index is 1.73. The number of amides is 2. The highest BCUT2D eigenvalue weighted by Crippen LogP contribution is 2.34. The van der Waals surface area contributed by atoms with E-state index in [-0.39, 0.29) is 17.1 Å². The Kier molecular flexibility index (Phi) is 8.19. The number of thiophene rings is 1. The van der Waals surface area contributed by atoms with Gasteiger partial charge in [-0.15, -0.1) is 11.3 Å². The molecule has 2 amide bonds. The fraction of sp³-hybridized carbons (Fsp3) is 0.240. The van der Waals surface area contributed by atoms with Gasteiger partial charge in [-0.25, -0.2) is 0 Å². The van der Waals surface area contributed by atoms with Gasteiger partial charge in [-0.05, 0) is 61.8 Å². The van der Waals surface area contributed by atoms with Crippen molar-refractivity contribution in [1.29, 1.82) is 0 Å². The van der Waals surface area contributed by atoms with Gasteiger partial charge in [0.15, 0.2) is 5.11 Å². The number of nitrogens with two attached hydrogens (primary N) is 1. The van der Waals surface area contributed by atoms with Crippen molar-refractivity contribution in [2.24, 2.45) is 5.73 Å². The number of hydrogen-bond acceptors (Lipinski definition) is 5. The molecule has 3 aromatic rings. The van der Waals surface area contributed by atoms with E-state index in [4.69, 9.17) is 22.7 Å². The van der Waals surface area contributed by atoms with Crippen molar-refractivity contribution >= 4 is 45.5 Å². The zero-order valence-corrected chi connectivity index (χ0v) is 20.4. The number of rotatable bonds is 8. The van der Waals surface area contributed by atoms with Gasteiger partial charge in [-0.2, -0.15) is 0 Å². The molecule has 0 saturated carbocycles. The fourth-order valence-corrected chi connectivity index (χ4v) is 4.74. The van der Waals surface area contributed by atoms with Crippen molar-refractivity contribution in [3.8, 4) is 5.75 Å². The van der Waals surface area contributed by atoms with Crippen LogP contribution in [0.4, 0.5) is 5.00 Å². The summed E-state index contributed by atoms with van der Waals surface area (Å²) in [6, 6.07) is 16.9. The Morgan fingerprint density at radius 2 is 1.88 bits per heavy atom. The molecule has 2 aromatic carbocycles. The monoisotopic (exact) mass is 481 g/mol. The Labute approximate surface area is 203 Å². The van der Waals surface area contributed by atoms with Crippen LogP contribution in [0.15, 0.2) is 54.6 Å². The first kappa shape index (κ1) is 24.4. The van der Waals surface area contributed by atoms with Gasteiger partial charge in [-0.1, -0.05) is 43.3 Å². The van der Waals surface area contributed by atoms with Crippen LogP contribution >= 0.6 is 23.6 Å². The highest BCUT2D eigenvalue weighted by Gasteiger charge is 2.21. The largest absolute Gasteiger partial charge is 0.491 e. The molecule has 1 unspecified atom stereocenters. The Morgan fingerprint density at radius 3 is 2.55 bits per heavy atom. The average molecular weight is 482 g/mol. The maximum atomic E-state index is 12.7. The van der Waals surface area contributed by atoms with Crippen molar-refractivity contribution in [2.45, 2.75) is 39.7 Å². The summed E-state index contributed by atoms with van der Waals surface area (Å²) >= 11 is 6.74. The molecule has 172 valence electrons. The molecule has 33 heavy (non-hydrogen) atoms. The minimum absolute atomic E-state index is 0.0467. The van der Waals surface area contributed by atoms with Crippen molar-refractivity contribution in [3.63, 3.8) is 0 Å². The smallest absolute Gasteiger partial charge is 0.257 e. The van der Waals surface area contributed by atoms with Crippen molar-refractivity contribution < 1.29 is 14.3 Å². The van der Waals surface area contributed by atoms with E-state index in [1.165, 1.54) is 11.3 Å². The van der Waals surface area contributed by atoms with Crippen molar-refractivity contribution in [2.75, 3.05) is 5.32 Å². The van der Waals surface area contributed by atoms with E-state index in [2.05, 4.69) is 10.6 Å². The summed E-state index contributed by atoms with van der Waals surface area (Å²) in [4.78, 5) is 25.8. The SMILES string of the molecule is CCC(C)Oc1cccc(C(=O)NC(=S)Nc2sc(Cc3ccccc3)c(C)c2C(N)=O)c1. The first-order chi connectivity index (χ1) is 15.8. The van der Waals surface area contributed by atoms with Crippen LogP contribution in [0.5, 0.6) is 5.75 Å². The number of carbonyl (C=O) groups is 2. The molecule has 6 nitrogen and oxygen atoms in total. The van der Waals surface area contributed by atoms with Crippen LogP contribution in [0.2, 0.25) is 0 Å². The molecule has 8 heteroatoms. The molecular formula is C25H27N3O3S2. The second kappa shape index (κ2) is 11.1. The molecule has 4 N–H and O–H groups in total. The lowest BCUT2D eigenvalue weighted by Crippen LogP contribution is -2.34. The first-order valence-electron chi connectivity index (χ1n) is 10.6. The lowest BCUT2D eigenvalue weighted by atomic mass is 10.1. The van der Waals surface area contributed by atoms with Gasteiger partial charge in [0.05, 0.1) is 11.7 Å². The van der Waals surface area contributed by atoms with E-state index in [0.29, 0.717) is 28.3 Å². The minimum Gasteiger partial charge on any atom is -0.491 e. The van der Waals surface area contributed by atoms with Gasteiger partial charge in [-0.3, -0.25) is 14.9 Å². The van der Waals surface area contributed by atoms with E-state index >= 15 is 0 Å². The van der Waals surface area contributed by atoms with Crippen LogP contribution < -0.4 is 21.1 Å². The van der Waals surface area contributed by atoms with E-state index in [1.54, 1.807) is 24.3 Å². The molecule has 1 heterocycles. The van der Waals surface area contributed by atoms with Crippen LogP contribution in [0, 0.1) is 6.92 Å². The number of hydrogen-bond donors (Lipinski definition) is 3. The lowest BCUT2D eigenvalue weighted by molar-refractivity contribution is 0.0974. The van der Waals surface area contributed by atoms with Gasteiger partial charge >= 0.3 is 0 Å². The summed E-state index contributed by atoms with van der Waals surface area (Å²) in [5.74, 6) is -0.304. The molecule has 0 spiro atoms. The number of thiocarbonyl (C=S) groups is 1. The molecule has 0 aliphatic rings. The highest BCUT2D eigenvalue weighted by molar-refractivity contribution is 7.80. The molecule has 0 fully saturated rings. The molecule has 1 aromatic heterocycles. The molecule has 0 saturated heterocycles. The van der Waals surface area contributed by atoms with Crippen molar-refractivity contribution in [1.82, 2.24) is 5.32 Å². The molecule has 0 aliphatic heterocycles. The van der Waals surface area contributed by atoms with E-state index < -0.39 is 5.91 Å². The topological polar surface area (TPSA) is 93.4 Å². The maximum absolute atomic E-state index is 12.7. The number of nitrogens with one attached hydrogen (secondary N) is 2. The summed E-state index contributed by atoms with van der Waals surface area (Å²) in [6.07, 6.45) is 1.57. The van der Waals surface area contributed by atoms with Crippen LogP contribution in [0.25, 0.3) is 0 Å². The minimum atomic E-state index is -0.547. The second-order valence-electron chi connectivity index (χ2n) is 7.65. The zero-order chi connectivity index (χ0) is 24.0. The Hall–Kier alpha value is -3.23. The average Bonchev–Trinajstić information content (AvgIpc) is 3.08. The third-order valence-electron chi connectivity index (χ3n) is 5.16. The number of primary amides is 1. The predicted molar refractivity (Wildman–Crippen MR) is 137 cm³/mol. The summed E-state index contributed by atoms with van der Waals surface area (Å²) in [7, 11) is 0. The zero-order valence-electron chi connectivity index (χ0n) is 18.8. The van der Waals surface area contributed by atoms with E-state index in [0.717, 1.165) is 22.4 Å². The molecule has 1 atom stereocenters. The molecule has 0 bridgehead atoms. The van der Waals surface area contributed by atoms with Gasteiger partial charge in [0.2, 0.25) is 0 Å². The van der Waals surface area contributed by atoms with Crippen LogP contribution in [0.3, 0.4) is 0 Å². The standard InChI is InChI=1S/C25H27N3O3S2/c1-4-15(2)31-19-12-8-11-18(14-19)23(30)27-25(32)28-24-21(22(26)29)16(3)20(33-24)13-17-9-6-5-7-10-17/h5-12,14-15H,4,13H2,1-3H3,(H2,26,29)(H2,27,28,30,32). The highest BCUT2D eigenvalue weighted by atomic mass is 32.1. The van der Waals surface area contributed by atoms with Crippen LogP contribution in [-0.4, -0.2) is 23.0 Å². The van der Waals surface area contributed by atoms with Gasteiger partial charge in [0.1, 0.15) is 10.8 Å². The summed E-state index contributed by atoms with van der Waals surface area (Å²) in [6.45, 7) is 5.87. The number of benzene rings is 2. The Morgan fingerprint density at radius 1 is 1.15 bits per heavy atom. The quantitative estimate of drug-likeness (QED) is 0.392. The fourth-order valence-electron chi connectivity index (χ4n) is 3.23. The summed E-state index contributed by atoms with van der Waals surface area (Å²) in [5.41, 5.74) is 8.37. The number of ether oxygens (including phenoxy) is 1. The number of carbonyl (C=O) groups excluding carboxylic acids is 2. The maximum Gasteiger partial charge on any atom is 0.257 e. The van der Waals surface area contributed by atoms with E-state index in [1.807, 2.05) is 51.1 Å².